The number of carbonyl (C=O) groups is 1. The Balaban J connectivity index is 2.09. The van der Waals surface area contributed by atoms with Crippen LogP contribution in [0.1, 0.15) is 10.5 Å². The molecule has 70 valence electrons. The van der Waals surface area contributed by atoms with Crippen LogP contribution in [0, 0.1) is 0 Å². The van der Waals surface area contributed by atoms with Crippen LogP contribution >= 0.6 is 0 Å². The van der Waals surface area contributed by atoms with Crippen molar-refractivity contribution in [3.05, 3.63) is 12.0 Å². The van der Waals surface area contributed by atoms with Crippen molar-refractivity contribution in [2.45, 2.75) is 0 Å². The maximum atomic E-state index is 10.3. The molecule has 0 bridgehead atoms. The van der Waals surface area contributed by atoms with E-state index in [2.05, 4.69) is 4.98 Å². The first-order valence-electron chi connectivity index (χ1n) is 4.13. The topological polar surface area (TPSA) is 55.6 Å². The lowest BCUT2D eigenvalue weighted by Crippen LogP contribution is -2.36. The summed E-state index contributed by atoms with van der Waals surface area (Å²) in [7, 11) is 0. The molecule has 1 saturated heterocycles. The first-order valence-corrected chi connectivity index (χ1v) is 4.13. The molecule has 5 heteroatoms. The normalized spacial score (nSPS) is 17.4. The standard InChI is InChI=1S/C8H10N2O3/c11-5-7-6-13-8(9-7)10-1-3-12-4-2-10/h5-6H,1-4H2. The third-order valence-corrected chi connectivity index (χ3v) is 1.91. The Kier molecular flexibility index (Phi) is 2.27. The lowest BCUT2D eigenvalue weighted by Gasteiger charge is -2.24. The highest BCUT2D eigenvalue weighted by atomic mass is 16.5. The minimum atomic E-state index is 0.335. The molecule has 0 atom stereocenters. The Morgan fingerprint density at radius 2 is 2.23 bits per heavy atom. The van der Waals surface area contributed by atoms with E-state index < -0.39 is 0 Å². The molecule has 1 fully saturated rings. The molecule has 5 nitrogen and oxygen atoms in total. The van der Waals surface area contributed by atoms with Gasteiger partial charge in [-0.2, -0.15) is 4.98 Å². The average molecular weight is 182 g/mol. The van der Waals surface area contributed by atoms with Gasteiger partial charge in [0, 0.05) is 13.1 Å². The van der Waals surface area contributed by atoms with E-state index in [1.807, 2.05) is 4.90 Å². The predicted octanol–water partition coefficient (Wildman–Crippen LogP) is 0.324. The minimum absolute atomic E-state index is 0.335. The second kappa shape index (κ2) is 3.57. The van der Waals surface area contributed by atoms with E-state index in [1.54, 1.807) is 0 Å². The Bertz CT molecular complexity index is 291. The molecule has 0 amide bonds. The smallest absolute Gasteiger partial charge is 0.298 e. The van der Waals surface area contributed by atoms with Crippen molar-refractivity contribution >= 4 is 12.3 Å². The molecule has 13 heavy (non-hydrogen) atoms. The summed E-state index contributed by atoms with van der Waals surface area (Å²) in [4.78, 5) is 16.3. The van der Waals surface area contributed by atoms with E-state index in [4.69, 9.17) is 9.15 Å². The van der Waals surface area contributed by atoms with Crippen LogP contribution in [0.5, 0.6) is 0 Å². The number of carbonyl (C=O) groups excluding carboxylic acids is 1. The van der Waals surface area contributed by atoms with Crippen molar-refractivity contribution in [1.29, 1.82) is 0 Å². The number of morpholine rings is 1. The fourth-order valence-electron chi connectivity index (χ4n) is 1.23. The Labute approximate surface area is 75.3 Å². The van der Waals surface area contributed by atoms with Gasteiger partial charge in [-0.25, -0.2) is 0 Å². The van der Waals surface area contributed by atoms with Crippen LogP contribution in [-0.2, 0) is 4.74 Å². The van der Waals surface area contributed by atoms with Gasteiger partial charge in [0.15, 0.2) is 6.29 Å². The zero-order valence-electron chi connectivity index (χ0n) is 7.10. The maximum Gasteiger partial charge on any atom is 0.298 e. The molecule has 0 aliphatic carbocycles. The van der Waals surface area contributed by atoms with Gasteiger partial charge in [0.25, 0.3) is 6.01 Å². The van der Waals surface area contributed by atoms with Crippen molar-refractivity contribution in [2.75, 3.05) is 31.2 Å². The van der Waals surface area contributed by atoms with Crippen molar-refractivity contribution in [1.82, 2.24) is 4.98 Å². The van der Waals surface area contributed by atoms with Gasteiger partial charge in [-0.05, 0) is 0 Å². The number of aldehydes is 1. The minimum Gasteiger partial charge on any atom is -0.431 e. The van der Waals surface area contributed by atoms with Crippen LogP contribution in [0.3, 0.4) is 0 Å². The summed E-state index contributed by atoms with van der Waals surface area (Å²) in [6.45, 7) is 2.88. The Hall–Kier alpha value is -1.36. The summed E-state index contributed by atoms with van der Waals surface area (Å²) in [6, 6.07) is 0.505. The number of hydrogen-bond donors (Lipinski definition) is 0. The first kappa shape index (κ1) is 8.25. The number of aromatic nitrogens is 1. The summed E-state index contributed by atoms with van der Waals surface area (Å²) in [5.41, 5.74) is 0.335. The molecule has 0 saturated carbocycles. The van der Waals surface area contributed by atoms with Crippen molar-refractivity contribution < 1.29 is 13.9 Å². The highest BCUT2D eigenvalue weighted by Gasteiger charge is 2.15. The van der Waals surface area contributed by atoms with Gasteiger partial charge >= 0.3 is 0 Å². The monoisotopic (exact) mass is 182 g/mol. The number of rotatable bonds is 2. The molecule has 0 spiro atoms. The van der Waals surface area contributed by atoms with Gasteiger partial charge in [-0.1, -0.05) is 0 Å². The molecule has 0 unspecified atom stereocenters. The fourth-order valence-corrected chi connectivity index (χ4v) is 1.23. The van der Waals surface area contributed by atoms with Gasteiger partial charge in [0.05, 0.1) is 13.2 Å². The molecule has 0 aromatic carbocycles. The molecule has 0 N–H and O–H groups in total. The Morgan fingerprint density at radius 1 is 1.46 bits per heavy atom. The highest BCUT2D eigenvalue weighted by Crippen LogP contribution is 2.13. The lowest BCUT2D eigenvalue weighted by atomic mass is 10.4. The number of nitrogens with zero attached hydrogens (tertiary/aromatic N) is 2. The van der Waals surface area contributed by atoms with Crippen molar-refractivity contribution in [2.24, 2.45) is 0 Å². The zero-order valence-corrected chi connectivity index (χ0v) is 7.10. The van der Waals surface area contributed by atoms with Crippen LogP contribution in [-0.4, -0.2) is 37.6 Å². The number of anilines is 1. The van der Waals surface area contributed by atoms with Gasteiger partial charge in [-0.15, -0.1) is 0 Å². The third-order valence-electron chi connectivity index (χ3n) is 1.91. The quantitative estimate of drug-likeness (QED) is 0.616. The van der Waals surface area contributed by atoms with Gasteiger partial charge < -0.3 is 14.1 Å². The largest absolute Gasteiger partial charge is 0.431 e. The number of hydrogen-bond acceptors (Lipinski definition) is 5. The zero-order chi connectivity index (χ0) is 9.10. The van der Waals surface area contributed by atoms with Crippen molar-refractivity contribution in [3.8, 4) is 0 Å². The van der Waals surface area contributed by atoms with E-state index >= 15 is 0 Å². The summed E-state index contributed by atoms with van der Waals surface area (Å²) in [6.07, 6.45) is 2.03. The van der Waals surface area contributed by atoms with Crippen LogP contribution in [0.2, 0.25) is 0 Å². The summed E-state index contributed by atoms with van der Waals surface area (Å²) >= 11 is 0. The number of ether oxygens (including phenoxy) is 1. The van der Waals surface area contributed by atoms with E-state index in [1.165, 1.54) is 6.26 Å². The SMILES string of the molecule is O=Cc1coc(N2CCOCC2)n1. The molecule has 1 aromatic rings. The Morgan fingerprint density at radius 3 is 2.85 bits per heavy atom. The van der Waals surface area contributed by atoms with Gasteiger partial charge in [0.1, 0.15) is 12.0 Å². The number of oxazole rings is 1. The summed E-state index contributed by atoms with van der Waals surface area (Å²) < 4.78 is 10.3. The van der Waals surface area contributed by atoms with Crippen LogP contribution in [0.15, 0.2) is 10.7 Å². The van der Waals surface area contributed by atoms with Gasteiger partial charge in [-0.3, -0.25) is 4.79 Å². The molecule has 1 aliphatic rings. The van der Waals surface area contributed by atoms with E-state index in [-0.39, 0.29) is 0 Å². The van der Waals surface area contributed by atoms with E-state index in [0.29, 0.717) is 31.2 Å². The van der Waals surface area contributed by atoms with Crippen LogP contribution < -0.4 is 4.90 Å². The molecular formula is C8H10N2O3. The fraction of sp³-hybridized carbons (Fsp3) is 0.500. The summed E-state index contributed by atoms with van der Waals surface area (Å²) in [5, 5.41) is 0. The highest BCUT2D eigenvalue weighted by molar-refractivity contribution is 5.71. The van der Waals surface area contributed by atoms with Crippen LogP contribution in [0.4, 0.5) is 6.01 Å². The molecule has 2 rings (SSSR count). The maximum absolute atomic E-state index is 10.3. The van der Waals surface area contributed by atoms with Gasteiger partial charge in [0.2, 0.25) is 0 Å². The second-order valence-electron chi connectivity index (χ2n) is 2.77. The summed E-state index contributed by atoms with van der Waals surface area (Å²) in [5.74, 6) is 0. The first-order chi connectivity index (χ1) is 6.40. The second-order valence-corrected chi connectivity index (χ2v) is 2.77. The molecule has 1 aromatic heterocycles. The predicted molar refractivity (Wildman–Crippen MR) is 44.9 cm³/mol. The van der Waals surface area contributed by atoms with Crippen molar-refractivity contribution in [3.63, 3.8) is 0 Å². The molecule has 2 heterocycles. The molecule has 1 aliphatic heterocycles. The average Bonchev–Trinajstić information content (AvgIpc) is 2.67. The van der Waals surface area contributed by atoms with E-state index in [9.17, 15) is 4.79 Å². The van der Waals surface area contributed by atoms with E-state index in [0.717, 1.165) is 13.1 Å². The lowest BCUT2D eigenvalue weighted by molar-refractivity contribution is 0.111. The third kappa shape index (κ3) is 1.70. The molecular weight excluding hydrogens is 172 g/mol. The van der Waals surface area contributed by atoms with Crippen LogP contribution in [0.25, 0.3) is 0 Å². The molecule has 0 radical (unpaired) electrons.